The molecule has 23 heavy (non-hydrogen) atoms. The zero-order valence-electron chi connectivity index (χ0n) is 11.8. The van der Waals surface area contributed by atoms with Gasteiger partial charge in [0.2, 0.25) is 5.91 Å². The van der Waals surface area contributed by atoms with E-state index in [-0.39, 0.29) is 21.9 Å². The van der Waals surface area contributed by atoms with Crippen molar-refractivity contribution in [2.24, 2.45) is 0 Å². The average molecular weight is 356 g/mol. The molecule has 1 N–H and O–H groups in total. The molecule has 0 aromatic heterocycles. The van der Waals surface area contributed by atoms with E-state index in [1.54, 1.807) is 0 Å². The van der Waals surface area contributed by atoms with Crippen molar-refractivity contribution in [3.05, 3.63) is 53.1 Å². The molecule has 1 atom stereocenters. The van der Waals surface area contributed by atoms with E-state index in [0.717, 1.165) is 10.5 Å². The minimum atomic E-state index is -2.94. The fraction of sp³-hybridized carbons (Fsp3) is 0.188. The molecule has 0 radical (unpaired) electrons. The first-order valence-electron chi connectivity index (χ1n) is 6.83. The Morgan fingerprint density at radius 3 is 2.78 bits per heavy atom. The lowest BCUT2D eigenvalue weighted by atomic mass is 10.1. The highest BCUT2D eigenvalue weighted by Crippen LogP contribution is 2.37. The molecule has 2 aromatic carbocycles. The van der Waals surface area contributed by atoms with E-state index in [2.05, 4.69) is 10.1 Å². The van der Waals surface area contributed by atoms with Gasteiger partial charge in [-0.1, -0.05) is 29.8 Å². The normalized spacial score (nSPS) is 16.3. The number of nitrogens with one attached hydrogen (secondary N) is 1. The first-order chi connectivity index (χ1) is 11.0. The third-order valence-corrected chi connectivity index (χ3v) is 4.97. The van der Waals surface area contributed by atoms with E-state index in [9.17, 15) is 13.6 Å². The third-order valence-electron chi connectivity index (χ3n) is 3.36. The van der Waals surface area contributed by atoms with Gasteiger partial charge in [0, 0.05) is 10.6 Å². The zero-order chi connectivity index (χ0) is 16.4. The molecule has 1 amide bonds. The van der Waals surface area contributed by atoms with Crippen molar-refractivity contribution in [1.82, 2.24) is 0 Å². The van der Waals surface area contributed by atoms with Crippen molar-refractivity contribution in [2.75, 3.05) is 5.32 Å². The predicted octanol–water partition coefficient (Wildman–Crippen LogP) is 4.60. The van der Waals surface area contributed by atoms with Crippen molar-refractivity contribution in [3.8, 4) is 5.75 Å². The summed E-state index contributed by atoms with van der Waals surface area (Å²) in [6, 6.07) is 12.1. The highest BCUT2D eigenvalue weighted by atomic mass is 35.5. The number of fused-ring (bicyclic) bond motifs is 1. The lowest BCUT2D eigenvalue weighted by Gasteiger charge is -2.12. The number of hydrogen-bond acceptors (Lipinski definition) is 3. The number of carbonyl (C=O) groups is 1. The topological polar surface area (TPSA) is 38.3 Å². The summed E-state index contributed by atoms with van der Waals surface area (Å²) < 4.78 is 28.6. The first-order valence-corrected chi connectivity index (χ1v) is 8.08. The second-order valence-electron chi connectivity index (χ2n) is 4.93. The maximum absolute atomic E-state index is 12.3. The Labute approximate surface area is 141 Å². The van der Waals surface area contributed by atoms with Gasteiger partial charge in [0.15, 0.2) is 0 Å². The van der Waals surface area contributed by atoms with Gasteiger partial charge in [-0.15, -0.1) is 11.8 Å². The standard InChI is InChI=1S/C16H12ClF2NO2S/c17-11-8-10(5-6-12(11)22-16(18)19)20-15(21)14-7-9-3-1-2-4-13(9)23-14/h1-6,8,14,16H,7H2,(H,20,21). The lowest BCUT2D eigenvalue weighted by molar-refractivity contribution is -0.115. The van der Waals surface area contributed by atoms with Crippen LogP contribution in [0.15, 0.2) is 47.4 Å². The molecule has 1 aliphatic rings. The zero-order valence-corrected chi connectivity index (χ0v) is 13.3. The number of benzene rings is 2. The minimum Gasteiger partial charge on any atom is -0.433 e. The molecule has 0 fully saturated rings. The number of thioether (sulfide) groups is 1. The van der Waals surface area contributed by atoms with Gasteiger partial charge in [0.1, 0.15) is 5.75 Å². The Morgan fingerprint density at radius 2 is 2.09 bits per heavy atom. The number of anilines is 1. The maximum atomic E-state index is 12.3. The summed E-state index contributed by atoms with van der Waals surface area (Å²) >= 11 is 7.39. The van der Waals surface area contributed by atoms with Crippen molar-refractivity contribution in [3.63, 3.8) is 0 Å². The SMILES string of the molecule is O=C(Nc1ccc(OC(F)F)c(Cl)c1)C1Cc2ccccc2S1. The smallest absolute Gasteiger partial charge is 0.387 e. The molecule has 3 rings (SSSR count). The molecule has 120 valence electrons. The Morgan fingerprint density at radius 1 is 1.30 bits per heavy atom. The van der Waals surface area contributed by atoms with Crippen molar-refractivity contribution in [2.45, 2.75) is 23.2 Å². The summed E-state index contributed by atoms with van der Waals surface area (Å²) in [4.78, 5) is 13.4. The van der Waals surface area contributed by atoms with Crippen LogP contribution in [0.2, 0.25) is 5.02 Å². The fourth-order valence-electron chi connectivity index (χ4n) is 2.32. The summed E-state index contributed by atoms with van der Waals surface area (Å²) in [6.07, 6.45) is 0.660. The van der Waals surface area contributed by atoms with E-state index in [4.69, 9.17) is 11.6 Å². The van der Waals surface area contributed by atoms with Gasteiger partial charge in [-0.05, 0) is 36.2 Å². The van der Waals surface area contributed by atoms with Crippen LogP contribution in [0, 0.1) is 0 Å². The Bertz CT molecular complexity index is 717. The molecule has 0 saturated heterocycles. The van der Waals surface area contributed by atoms with Gasteiger partial charge >= 0.3 is 6.61 Å². The van der Waals surface area contributed by atoms with E-state index in [1.807, 2.05) is 24.3 Å². The van der Waals surface area contributed by atoms with Gasteiger partial charge in [-0.2, -0.15) is 8.78 Å². The summed E-state index contributed by atoms with van der Waals surface area (Å²) in [7, 11) is 0. The Hall–Kier alpha value is -1.79. The van der Waals surface area contributed by atoms with Crippen LogP contribution in [0.4, 0.5) is 14.5 Å². The summed E-state index contributed by atoms with van der Waals surface area (Å²) in [5.74, 6) is -0.271. The van der Waals surface area contributed by atoms with Gasteiger partial charge in [-0.3, -0.25) is 4.79 Å². The van der Waals surface area contributed by atoms with Crippen LogP contribution in [0.25, 0.3) is 0 Å². The molecule has 0 saturated carbocycles. The monoisotopic (exact) mass is 355 g/mol. The maximum Gasteiger partial charge on any atom is 0.387 e. The number of alkyl halides is 2. The molecule has 0 bridgehead atoms. The number of rotatable bonds is 4. The molecular formula is C16H12ClF2NO2S. The Kier molecular flexibility index (Phi) is 4.73. The quantitative estimate of drug-likeness (QED) is 0.871. The van der Waals surface area contributed by atoms with Crippen LogP contribution in [0.1, 0.15) is 5.56 Å². The van der Waals surface area contributed by atoms with Crippen molar-refractivity contribution in [1.29, 1.82) is 0 Å². The number of hydrogen-bond donors (Lipinski definition) is 1. The Balaban J connectivity index is 1.66. The molecular weight excluding hydrogens is 344 g/mol. The molecule has 1 unspecified atom stereocenters. The van der Waals surface area contributed by atoms with Crippen LogP contribution < -0.4 is 10.1 Å². The summed E-state index contributed by atoms with van der Waals surface area (Å²) in [5.41, 5.74) is 1.59. The molecule has 3 nitrogen and oxygen atoms in total. The van der Waals surface area contributed by atoms with Gasteiger partial charge in [0.05, 0.1) is 10.3 Å². The van der Waals surface area contributed by atoms with E-state index in [1.165, 1.54) is 30.0 Å². The highest BCUT2D eigenvalue weighted by molar-refractivity contribution is 8.01. The molecule has 1 heterocycles. The van der Waals surface area contributed by atoms with Gasteiger partial charge in [-0.25, -0.2) is 0 Å². The second kappa shape index (κ2) is 6.76. The number of halogens is 3. The number of ether oxygens (including phenoxy) is 1. The van der Waals surface area contributed by atoms with E-state index >= 15 is 0 Å². The van der Waals surface area contributed by atoms with Crippen molar-refractivity contribution >= 4 is 35.0 Å². The van der Waals surface area contributed by atoms with Crippen LogP contribution in [-0.4, -0.2) is 17.8 Å². The van der Waals surface area contributed by atoms with Crippen LogP contribution in [0.3, 0.4) is 0 Å². The fourth-order valence-corrected chi connectivity index (χ4v) is 3.74. The first kappa shape index (κ1) is 16.1. The largest absolute Gasteiger partial charge is 0.433 e. The number of amides is 1. The second-order valence-corrected chi connectivity index (χ2v) is 6.58. The minimum absolute atomic E-state index is 0.0189. The number of carbonyl (C=O) groups excluding carboxylic acids is 1. The molecule has 0 aliphatic carbocycles. The molecule has 1 aliphatic heterocycles. The molecule has 7 heteroatoms. The molecule has 0 spiro atoms. The third kappa shape index (κ3) is 3.76. The predicted molar refractivity (Wildman–Crippen MR) is 86.5 cm³/mol. The van der Waals surface area contributed by atoms with Crippen LogP contribution in [0.5, 0.6) is 5.75 Å². The van der Waals surface area contributed by atoms with Gasteiger partial charge < -0.3 is 10.1 Å². The lowest BCUT2D eigenvalue weighted by Crippen LogP contribution is -2.24. The van der Waals surface area contributed by atoms with Crippen LogP contribution in [-0.2, 0) is 11.2 Å². The van der Waals surface area contributed by atoms with E-state index in [0.29, 0.717) is 12.1 Å². The van der Waals surface area contributed by atoms with Crippen LogP contribution >= 0.6 is 23.4 Å². The summed E-state index contributed by atoms with van der Waals surface area (Å²) in [6.45, 7) is -2.94. The average Bonchev–Trinajstić information content (AvgIpc) is 2.94. The van der Waals surface area contributed by atoms with Crippen molar-refractivity contribution < 1.29 is 18.3 Å². The van der Waals surface area contributed by atoms with Gasteiger partial charge in [0.25, 0.3) is 0 Å². The summed E-state index contributed by atoms with van der Waals surface area (Å²) in [5, 5.41) is 2.55. The molecule has 2 aromatic rings. The highest BCUT2D eigenvalue weighted by Gasteiger charge is 2.28. The van der Waals surface area contributed by atoms with E-state index < -0.39 is 6.61 Å².